The SMILES string of the molecule is C[C@@H](OC(=O)Nc1c(-c2ccc(C(=O)O)cn2)cnn1C)c1cccnc1Cl. The van der Waals surface area contributed by atoms with Crippen LogP contribution in [0.5, 0.6) is 0 Å². The molecule has 0 aliphatic heterocycles. The zero-order valence-electron chi connectivity index (χ0n) is 15.0. The highest BCUT2D eigenvalue weighted by atomic mass is 35.5. The predicted molar refractivity (Wildman–Crippen MR) is 101 cm³/mol. The van der Waals surface area contributed by atoms with E-state index in [1.54, 1.807) is 32.3 Å². The van der Waals surface area contributed by atoms with Crippen molar-refractivity contribution in [3.63, 3.8) is 0 Å². The third-order valence-electron chi connectivity index (χ3n) is 3.96. The molecule has 0 unspecified atom stereocenters. The van der Waals surface area contributed by atoms with Gasteiger partial charge >= 0.3 is 12.1 Å². The van der Waals surface area contributed by atoms with E-state index >= 15 is 0 Å². The van der Waals surface area contributed by atoms with E-state index in [0.717, 1.165) is 0 Å². The van der Waals surface area contributed by atoms with Crippen LogP contribution in [0.4, 0.5) is 10.6 Å². The van der Waals surface area contributed by atoms with Crippen LogP contribution in [0.2, 0.25) is 5.15 Å². The van der Waals surface area contributed by atoms with Gasteiger partial charge < -0.3 is 9.84 Å². The summed E-state index contributed by atoms with van der Waals surface area (Å²) in [5, 5.41) is 16.0. The third kappa shape index (κ3) is 4.09. The number of nitrogens with one attached hydrogen (secondary N) is 1. The largest absolute Gasteiger partial charge is 0.478 e. The Hall–Kier alpha value is -3.46. The van der Waals surface area contributed by atoms with Crippen LogP contribution in [0.3, 0.4) is 0 Å². The average molecular weight is 402 g/mol. The van der Waals surface area contributed by atoms with E-state index in [-0.39, 0.29) is 10.7 Å². The van der Waals surface area contributed by atoms with Gasteiger partial charge in [-0.25, -0.2) is 14.6 Å². The lowest BCUT2D eigenvalue weighted by molar-refractivity contribution is 0.0696. The van der Waals surface area contributed by atoms with E-state index in [9.17, 15) is 9.59 Å². The van der Waals surface area contributed by atoms with Crippen LogP contribution in [-0.2, 0) is 11.8 Å². The van der Waals surface area contributed by atoms with Gasteiger partial charge in [0.25, 0.3) is 0 Å². The molecule has 0 aliphatic rings. The highest BCUT2D eigenvalue weighted by Crippen LogP contribution is 2.27. The molecule has 3 rings (SSSR count). The number of amides is 1. The summed E-state index contributed by atoms with van der Waals surface area (Å²) in [7, 11) is 1.64. The molecule has 2 N–H and O–H groups in total. The molecular weight excluding hydrogens is 386 g/mol. The fourth-order valence-electron chi connectivity index (χ4n) is 2.50. The number of carbonyl (C=O) groups excluding carboxylic acids is 1. The van der Waals surface area contributed by atoms with Crippen LogP contribution in [0.1, 0.15) is 28.9 Å². The molecule has 3 aromatic rings. The lowest BCUT2D eigenvalue weighted by Crippen LogP contribution is -2.18. The van der Waals surface area contributed by atoms with Gasteiger partial charge in [0.05, 0.1) is 23.0 Å². The van der Waals surface area contributed by atoms with Crippen LogP contribution in [0, 0.1) is 0 Å². The minimum atomic E-state index is -1.07. The van der Waals surface area contributed by atoms with E-state index < -0.39 is 18.2 Å². The van der Waals surface area contributed by atoms with E-state index in [1.165, 1.54) is 29.2 Å². The molecule has 1 atom stereocenters. The highest BCUT2D eigenvalue weighted by molar-refractivity contribution is 6.30. The number of carboxylic acids is 1. The summed E-state index contributed by atoms with van der Waals surface area (Å²) in [6.45, 7) is 1.68. The Balaban J connectivity index is 1.77. The third-order valence-corrected chi connectivity index (χ3v) is 4.27. The first-order chi connectivity index (χ1) is 13.4. The number of aromatic nitrogens is 4. The van der Waals surface area contributed by atoms with Crippen molar-refractivity contribution in [2.75, 3.05) is 5.32 Å². The normalized spacial score (nSPS) is 11.7. The van der Waals surface area contributed by atoms with E-state index in [2.05, 4.69) is 20.4 Å². The Morgan fingerprint density at radius 3 is 2.68 bits per heavy atom. The number of rotatable bonds is 5. The summed E-state index contributed by atoms with van der Waals surface area (Å²) in [5.74, 6) is -0.722. The number of nitrogens with zero attached hydrogens (tertiary/aromatic N) is 4. The maximum absolute atomic E-state index is 12.3. The highest BCUT2D eigenvalue weighted by Gasteiger charge is 2.19. The summed E-state index contributed by atoms with van der Waals surface area (Å²) in [6.07, 6.45) is 2.97. The Kier molecular flexibility index (Phi) is 5.55. The van der Waals surface area contributed by atoms with Crippen molar-refractivity contribution in [1.82, 2.24) is 19.7 Å². The van der Waals surface area contributed by atoms with Crippen molar-refractivity contribution in [2.45, 2.75) is 13.0 Å². The Morgan fingerprint density at radius 2 is 2.04 bits per heavy atom. The summed E-state index contributed by atoms with van der Waals surface area (Å²) in [5.41, 5.74) is 1.61. The number of hydrogen-bond donors (Lipinski definition) is 2. The minimum absolute atomic E-state index is 0.0590. The zero-order chi connectivity index (χ0) is 20.3. The van der Waals surface area contributed by atoms with Crippen molar-refractivity contribution in [3.8, 4) is 11.3 Å². The summed E-state index contributed by atoms with van der Waals surface area (Å²) in [6, 6.07) is 6.38. The lowest BCUT2D eigenvalue weighted by Gasteiger charge is -2.15. The summed E-state index contributed by atoms with van der Waals surface area (Å²) < 4.78 is 6.82. The fraction of sp³-hybridized carbons (Fsp3) is 0.167. The molecule has 144 valence electrons. The summed E-state index contributed by atoms with van der Waals surface area (Å²) in [4.78, 5) is 31.4. The van der Waals surface area contributed by atoms with Crippen LogP contribution in [-0.4, -0.2) is 36.9 Å². The number of aromatic carboxylic acids is 1. The molecule has 0 aromatic carbocycles. The van der Waals surface area contributed by atoms with Gasteiger partial charge in [0.1, 0.15) is 17.1 Å². The molecule has 0 radical (unpaired) electrons. The smallest absolute Gasteiger partial charge is 0.413 e. The van der Waals surface area contributed by atoms with Gasteiger partial charge in [0.15, 0.2) is 0 Å². The molecule has 0 saturated heterocycles. The van der Waals surface area contributed by atoms with Crippen LogP contribution in [0.15, 0.2) is 42.9 Å². The molecular formula is C18H16ClN5O4. The van der Waals surface area contributed by atoms with Crippen molar-refractivity contribution >= 4 is 29.5 Å². The van der Waals surface area contributed by atoms with Crippen LogP contribution >= 0.6 is 11.6 Å². The van der Waals surface area contributed by atoms with Crippen LogP contribution < -0.4 is 5.32 Å². The fourth-order valence-corrected chi connectivity index (χ4v) is 2.78. The Bertz CT molecular complexity index is 1020. The number of carbonyl (C=O) groups is 2. The maximum atomic E-state index is 12.3. The number of carboxylic acid groups (broad SMARTS) is 1. The minimum Gasteiger partial charge on any atom is -0.478 e. The first-order valence-corrected chi connectivity index (χ1v) is 8.54. The number of hydrogen-bond acceptors (Lipinski definition) is 6. The van der Waals surface area contributed by atoms with Crippen molar-refractivity contribution in [3.05, 3.63) is 59.1 Å². The Morgan fingerprint density at radius 1 is 1.25 bits per heavy atom. The average Bonchev–Trinajstić information content (AvgIpc) is 3.02. The van der Waals surface area contributed by atoms with Crippen molar-refractivity contribution in [2.24, 2.45) is 7.05 Å². The van der Waals surface area contributed by atoms with Gasteiger partial charge in [-0.05, 0) is 25.1 Å². The quantitative estimate of drug-likeness (QED) is 0.627. The second-order valence-corrected chi connectivity index (χ2v) is 6.18. The predicted octanol–water partition coefficient (Wildman–Crippen LogP) is 3.54. The zero-order valence-corrected chi connectivity index (χ0v) is 15.7. The molecule has 3 aromatic heterocycles. The number of pyridine rings is 2. The second-order valence-electron chi connectivity index (χ2n) is 5.82. The topological polar surface area (TPSA) is 119 Å². The van der Waals surface area contributed by atoms with Gasteiger partial charge in [0.2, 0.25) is 0 Å². The van der Waals surface area contributed by atoms with Crippen LogP contribution in [0.25, 0.3) is 11.3 Å². The Labute approximate surface area is 165 Å². The first-order valence-electron chi connectivity index (χ1n) is 8.16. The van der Waals surface area contributed by atoms with E-state index in [1.807, 2.05) is 0 Å². The molecule has 0 fully saturated rings. The van der Waals surface area contributed by atoms with Gasteiger partial charge in [0, 0.05) is 25.0 Å². The molecule has 0 spiro atoms. The molecule has 0 saturated carbocycles. The molecule has 10 heteroatoms. The lowest BCUT2D eigenvalue weighted by atomic mass is 10.2. The van der Waals surface area contributed by atoms with Gasteiger partial charge in [-0.2, -0.15) is 5.10 Å². The molecule has 3 heterocycles. The standard InChI is InChI=1S/C18H16ClN5O4/c1-10(12-4-3-7-20-15(12)19)28-18(27)23-16-13(9-22-24(16)2)14-6-5-11(8-21-14)17(25)26/h3-10H,1-2H3,(H,23,27)(H,25,26)/t10-/m1/s1. The number of anilines is 1. The molecule has 9 nitrogen and oxygen atoms in total. The van der Waals surface area contributed by atoms with Gasteiger partial charge in [-0.3, -0.25) is 15.0 Å². The summed E-state index contributed by atoms with van der Waals surface area (Å²) >= 11 is 6.02. The molecule has 0 aliphatic carbocycles. The van der Waals surface area contributed by atoms with E-state index in [4.69, 9.17) is 21.4 Å². The first kappa shape index (κ1) is 19.3. The number of ether oxygens (including phenoxy) is 1. The molecule has 28 heavy (non-hydrogen) atoms. The van der Waals surface area contributed by atoms with Crippen molar-refractivity contribution < 1.29 is 19.4 Å². The van der Waals surface area contributed by atoms with E-state index in [0.29, 0.717) is 22.6 Å². The molecule has 1 amide bonds. The maximum Gasteiger partial charge on any atom is 0.413 e. The van der Waals surface area contributed by atoms with Gasteiger partial charge in [-0.1, -0.05) is 17.7 Å². The monoisotopic (exact) mass is 401 g/mol. The van der Waals surface area contributed by atoms with Gasteiger partial charge in [-0.15, -0.1) is 0 Å². The second kappa shape index (κ2) is 8.05. The number of aryl methyl sites for hydroxylation is 1. The molecule has 0 bridgehead atoms. The number of halogens is 1. The van der Waals surface area contributed by atoms with Crippen molar-refractivity contribution in [1.29, 1.82) is 0 Å².